The van der Waals surface area contributed by atoms with Crippen LogP contribution < -0.4 is 11.1 Å². The molecule has 1 unspecified atom stereocenters. The maximum Gasteiger partial charge on any atom is 0.244 e. The first kappa shape index (κ1) is 31.2. The number of hydrogen-bond donors (Lipinski definition) is 3. The molecule has 0 spiro atoms. The van der Waals surface area contributed by atoms with Crippen LogP contribution in [0.4, 0.5) is 8.78 Å². The first-order valence-corrected chi connectivity index (χ1v) is 13.4. The number of aliphatic hydroxyl groups excluding tert-OH is 1. The monoisotopic (exact) mass is 529 g/mol. The fraction of sp³-hybridized carbons (Fsp3) is 0.533. The van der Waals surface area contributed by atoms with Crippen molar-refractivity contribution in [2.45, 2.75) is 65.4 Å². The molecule has 1 aliphatic carbocycles. The molecule has 0 aromatic heterocycles. The molecule has 208 valence electrons. The van der Waals surface area contributed by atoms with Gasteiger partial charge in [0.25, 0.3) is 0 Å². The molecule has 2 amide bonds. The molecule has 0 aliphatic heterocycles. The number of carbonyl (C=O) groups is 2. The van der Waals surface area contributed by atoms with Crippen molar-refractivity contribution in [3.8, 4) is 12.3 Å². The van der Waals surface area contributed by atoms with Crippen molar-refractivity contribution in [2.24, 2.45) is 17.1 Å². The van der Waals surface area contributed by atoms with Crippen molar-refractivity contribution in [2.75, 3.05) is 26.2 Å². The second-order valence-corrected chi connectivity index (χ2v) is 10.0. The van der Waals surface area contributed by atoms with E-state index in [1.165, 1.54) is 18.2 Å². The van der Waals surface area contributed by atoms with Gasteiger partial charge < -0.3 is 21.1 Å². The molecular formula is C30H41F2N3O3. The number of rotatable bonds is 15. The molecule has 0 heterocycles. The van der Waals surface area contributed by atoms with E-state index < -0.39 is 35.0 Å². The van der Waals surface area contributed by atoms with Crippen LogP contribution in [0.15, 0.2) is 41.5 Å². The number of terminal acetylenes is 1. The Morgan fingerprint density at radius 3 is 2.32 bits per heavy atom. The molecule has 0 fully saturated rings. The van der Waals surface area contributed by atoms with Gasteiger partial charge in [-0.1, -0.05) is 39.2 Å². The molecule has 0 saturated heterocycles. The summed E-state index contributed by atoms with van der Waals surface area (Å²) in [6.45, 7) is 7.71. The summed E-state index contributed by atoms with van der Waals surface area (Å²) in [5.41, 5.74) is 4.98. The Morgan fingerprint density at radius 1 is 1.16 bits per heavy atom. The van der Waals surface area contributed by atoms with E-state index in [-0.39, 0.29) is 36.4 Å². The summed E-state index contributed by atoms with van der Waals surface area (Å²) < 4.78 is 28.4. The van der Waals surface area contributed by atoms with E-state index in [1.54, 1.807) is 11.0 Å². The van der Waals surface area contributed by atoms with E-state index in [9.17, 15) is 23.5 Å². The first-order chi connectivity index (χ1) is 18.1. The Morgan fingerprint density at radius 2 is 1.79 bits per heavy atom. The van der Waals surface area contributed by atoms with Crippen LogP contribution in [0.3, 0.4) is 0 Å². The van der Waals surface area contributed by atoms with E-state index in [0.29, 0.717) is 38.0 Å². The van der Waals surface area contributed by atoms with E-state index in [4.69, 9.17) is 12.2 Å². The normalized spacial score (nSPS) is 18.7. The summed E-state index contributed by atoms with van der Waals surface area (Å²) in [7, 11) is 0. The largest absolute Gasteiger partial charge is 0.391 e. The Bertz CT molecular complexity index is 1050. The van der Waals surface area contributed by atoms with Crippen molar-refractivity contribution >= 4 is 11.8 Å². The fourth-order valence-corrected chi connectivity index (χ4v) is 5.19. The standard InChI is InChI=1S/C30H41F2N3O3/c1-5-9-10-34-20-27(36)26(16-22-14-24(31)17-25(32)15-22)30(29(38)35(11-6-2)12-7-3)18-21(8-4)13-23(19-30)28(33)37/h4,13-15,17-18,26-27,34,36H,5-7,9-12,16,19-20H2,1-3H3,(H2,33,37)/t26-,27+,30?/m1/s1. The Hall–Kier alpha value is -3.02. The third-order valence-electron chi connectivity index (χ3n) is 6.95. The number of nitrogens with one attached hydrogen (secondary N) is 1. The van der Waals surface area contributed by atoms with Crippen LogP contribution in [0, 0.1) is 35.3 Å². The van der Waals surface area contributed by atoms with Gasteiger partial charge in [0, 0.05) is 42.8 Å². The number of amides is 2. The molecule has 0 bridgehead atoms. The summed E-state index contributed by atoms with van der Waals surface area (Å²) in [4.78, 5) is 28.5. The lowest BCUT2D eigenvalue weighted by molar-refractivity contribution is -0.145. The van der Waals surface area contributed by atoms with Gasteiger partial charge in [0.15, 0.2) is 0 Å². The molecular weight excluding hydrogens is 488 g/mol. The van der Waals surface area contributed by atoms with Gasteiger partial charge in [-0.2, -0.15) is 0 Å². The smallest absolute Gasteiger partial charge is 0.244 e. The number of primary amides is 1. The molecule has 1 aromatic rings. The van der Waals surface area contributed by atoms with Gasteiger partial charge in [-0.25, -0.2) is 8.78 Å². The maximum absolute atomic E-state index is 14.4. The zero-order valence-electron chi connectivity index (χ0n) is 22.7. The molecule has 2 rings (SSSR count). The molecule has 38 heavy (non-hydrogen) atoms. The Labute approximate surface area is 225 Å². The zero-order chi connectivity index (χ0) is 28.3. The summed E-state index contributed by atoms with van der Waals surface area (Å²) >= 11 is 0. The lowest BCUT2D eigenvalue weighted by Gasteiger charge is -2.44. The number of allylic oxidation sites excluding steroid dienone is 2. The number of aliphatic hydroxyl groups is 1. The number of unbranched alkanes of at least 4 members (excludes halogenated alkanes) is 1. The van der Waals surface area contributed by atoms with Crippen molar-refractivity contribution in [1.29, 1.82) is 0 Å². The number of hydrogen-bond acceptors (Lipinski definition) is 4. The van der Waals surface area contributed by atoms with Gasteiger partial charge in [0.05, 0.1) is 11.5 Å². The Balaban J connectivity index is 2.73. The van der Waals surface area contributed by atoms with E-state index in [0.717, 1.165) is 18.9 Å². The van der Waals surface area contributed by atoms with Crippen molar-refractivity contribution in [1.82, 2.24) is 10.2 Å². The predicted octanol–water partition coefficient (Wildman–Crippen LogP) is 3.88. The highest BCUT2D eigenvalue weighted by atomic mass is 19.1. The number of benzene rings is 1. The van der Waals surface area contributed by atoms with Crippen LogP contribution in [-0.2, 0) is 16.0 Å². The summed E-state index contributed by atoms with van der Waals surface area (Å²) in [5.74, 6) is -0.864. The van der Waals surface area contributed by atoms with Gasteiger partial charge >= 0.3 is 0 Å². The highest BCUT2D eigenvalue weighted by Gasteiger charge is 2.50. The number of halogens is 2. The van der Waals surface area contributed by atoms with E-state index in [2.05, 4.69) is 18.2 Å². The number of carbonyl (C=O) groups excluding carboxylic acids is 2. The minimum absolute atomic E-state index is 0.0243. The van der Waals surface area contributed by atoms with Crippen molar-refractivity contribution in [3.63, 3.8) is 0 Å². The molecule has 3 atom stereocenters. The van der Waals surface area contributed by atoms with Crippen LogP contribution in [0.1, 0.15) is 58.4 Å². The quantitative estimate of drug-likeness (QED) is 0.237. The SMILES string of the molecule is C#CC1=CC(C(=O)N(CCC)CCC)([C@H](Cc2cc(F)cc(F)c2)[C@@H](O)CNCCCC)CC(C(N)=O)=C1. The molecule has 0 saturated carbocycles. The average Bonchev–Trinajstić information content (AvgIpc) is 2.88. The van der Waals surface area contributed by atoms with Crippen LogP contribution >= 0.6 is 0 Å². The third-order valence-corrected chi connectivity index (χ3v) is 6.95. The van der Waals surface area contributed by atoms with Gasteiger partial charge in [0.1, 0.15) is 11.6 Å². The molecule has 1 aliphatic rings. The van der Waals surface area contributed by atoms with Gasteiger partial charge in [-0.15, -0.1) is 6.42 Å². The number of nitrogens with two attached hydrogens (primary N) is 1. The predicted molar refractivity (Wildman–Crippen MR) is 146 cm³/mol. The zero-order valence-corrected chi connectivity index (χ0v) is 22.7. The molecule has 0 radical (unpaired) electrons. The molecule has 8 heteroatoms. The van der Waals surface area contributed by atoms with Crippen molar-refractivity contribution < 1.29 is 23.5 Å². The van der Waals surface area contributed by atoms with Crippen LogP contribution in [0.2, 0.25) is 0 Å². The minimum atomic E-state index is -1.46. The van der Waals surface area contributed by atoms with Gasteiger partial charge in [-0.05, 0) is 62.4 Å². The summed E-state index contributed by atoms with van der Waals surface area (Å²) in [6.07, 6.45) is 10.9. The first-order valence-electron chi connectivity index (χ1n) is 13.4. The Kier molecular flexibility index (Phi) is 12.1. The van der Waals surface area contributed by atoms with Gasteiger partial charge in [0.2, 0.25) is 11.8 Å². The second kappa shape index (κ2) is 14.8. The van der Waals surface area contributed by atoms with Crippen LogP contribution in [-0.4, -0.2) is 54.1 Å². The minimum Gasteiger partial charge on any atom is -0.391 e. The molecule has 6 nitrogen and oxygen atoms in total. The highest BCUT2D eigenvalue weighted by Crippen LogP contribution is 2.45. The topological polar surface area (TPSA) is 95.7 Å². The summed E-state index contributed by atoms with van der Waals surface area (Å²) in [5, 5.41) is 14.8. The highest BCUT2D eigenvalue weighted by molar-refractivity contribution is 5.96. The van der Waals surface area contributed by atoms with Crippen molar-refractivity contribution in [3.05, 3.63) is 58.7 Å². The lowest BCUT2D eigenvalue weighted by Crippen LogP contribution is -2.54. The maximum atomic E-state index is 14.4. The lowest BCUT2D eigenvalue weighted by atomic mass is 9.63. The third kappa shape index (κ3) is 7.99. The molecule has 1 aromatic carbocycles. The van der Waals surface area contributed by atoms with E-state index >= 15 is 0 Å². The van der Waals surface area contributed by atoms with Crippen LogP contribution in [0.5, 0.6) is 0 Å². The molecule has 4 N–H and O–H groups in total. The van der Waals surface area contributed by atoms with Crippen LogP contribution in [0.25, 0.3) is 0 Å². The summed E-state index contributed by atoms with van der Waals surface area (Å²) in [6, 6.07) is 3.17. The second-order valence-electron chi connectivity index (χ2n) is 10.0. The van der Waals surface area contributed by atoms with Gasteiger partial charge in [-0.3, -0.25) is 9.59 Å². The number of nitrogens with zero attached hydrogens (tertiary/aromatic N) is 1. The average molecular weight is 530 g/mol. The van der Waals surface area contributed by atoms with E-state index in [1.807, 2.05) is 13.8 Å². The fourth-order valence-electron chi connectivity index (χ4n) is 5.19.